The molecule has 0 fully saturated rings. The van der Waals surface area contributed by atoms with Gasteiger partial charge in [0.1, 0.15) is 0 Å². The Labute approximate surface area is 110 Å². The van der Waals surface area contributed by atoms with E-state index in [0.29, 0.717) is 5.57 Å². The van der Waals surface area contributed by atoms with E-state index in [-0.39, 0.29) is 24.0 Å². The summed E-state index contributed by atoms with van der Waals surface area (Å²) < 4.78 is 9.70. The van der Waals surface area contributed by atoms with Crippen LogP contribution in [0.3, 0.4) is 0 Å². The first-order valence-corrected chi connectivity index (χ1v) is 6.55. The molecule has 5 heteroatoms. The first kappa shape index (κ1) is 16.2. The van der Waals surface area contributed by atoms with Crippen LogP contribution in [0, 0.1) is 5.92 Å². The second-order valence-corrected chi connectivity index (χ2v) is 4.70. The van der Waals surface area contributed by atoms with Gasteiger partial charge in [-0.2, -0.15) is 0 Å². The molecule has 1 unspecified atom stereocenters. The summed E-state index contributed by atoms with van der Waals surface area (Å²) in [4.78, 5) is 22.8. The van der Waals surface area contributed by atoms with Crippen molar-refractivity contribution in [1.29, 1.82) is 0 Å². The summed E-state index contributed by atoms with van der Waals surface area (Å²) in [6, 6.07) is 0. The maximum atomic E-state index is 11.7. The Hall–Kier alpha value is -0.840. The molecule has 0 saturated carbocycles. The zero-order valence-electron chi connectivity index (χ0n) is 10.7. The average molecular weight is 307 g/mol. The second-order valence-electron chi connectivity index (χ2n) is 3.72. The monoisotopic (exact) mass is 306 g/mol. The lowest BCUT2D eigenvalue weighted by Gasteiger charge is -2.16. The van der Waals surface area contributed by atoms with Crippen LogP contribution >= 0.6 is 15.9 Å². The van der Waals surface area contributed by atoms with Gasteiger partial charge in [-0.25, -0.2) is 9.59 Å². The summed E-state index contributed by atoms with van der Waals surface area (Å²) in [5.74, 6) is -0.850. The number of hydrogen-bond acceptors (Lipinski definition) is 4. The third-order valence-electron chi connectivity index (χ3n) is 1.95. The number of esters is 2. The van der Waals surface area contributed by atoms with Crippen LogP contribution in [-0.2, 0) is 19.1 Å². The lowest BCUT2D eigenvalue weighted by Crippen LogP contribution is -2.21. The summed E-state index contributed by atoms with van der Waals surface area (Å²) in [6.07, 6.45) is 1.20. The Morgan fingerprint density at radius 3 is 2.12 bits per heavy atom. The fourth-order valence-electron chi connectivity index (χ4n) is 1.14. The van der Waals surface area contributed by atoms with Crippen LogP contribution < -0.4 is 0 Å². The second kappa shape index (κ2) is 8.28. The molecule has 17 heavy (non-hydrogen) atoms. The van der Waals surface area contributed by atoms with Crippen molar-refractivity contribution in [2.75, 3.05) is 13.2 Å². The van der Waals surface area contributed by atoms with Gasteiger partial charge in [-0.3, -0.25) is 0 Å². The van der Waals surface area contributed by atoms with E-state index in [1.807, 2.05) is 13.8 Å². The number of rotatable bonds is 6. The molecule has 0 spiro atoms. The fourth-order valence-corrected chi connectivity index (χ4v) is 1.45. The summed E-state index contributed by atoms with van der Waals surface area (Å²) >= 11 is 3.38. The molecule has 0 heterocycles. The first-order valence-electron chi connectivity index (χ1n) is 5.63. The van der Waals surface area contributed by atoms with E-state index in [1.54, 1.807) is 13.8 Å². The normalized spacial score (nSPS) is 13.4. The van der Waals surface area contributed by atoms with Crippen LogP contribution in [-0.4, -0.2) is 30.0 Å². The van der Waals surface area contributed by atoms with Crippen molar-refractivity contribution in [3.05, 3.63) is 11.6 Å². The van der Waals surface area contributed by atoms with Crippen molar-refractivity contribution in [3.8, 4) is 0 Å². The van der Waals surface area contributed by atoms with E-state index >= 15 is 0 Å². The van der Waals surface area contributed by atoms with Crippen LogP contribution in [0.4, 0.5) is 0 Å². The largest absolute Gasteiger partial charge is 0.463 e. The zero-order chi connectivity index (χ0) is 13.4. The Bertz CT molecular complexity index is 297. The smallest absolute Gasteiger partial charge is 0.335 e. The molecule has 0 bridgehead atoms. The number of halogens is 1. The molecule has 0 aromatic carbocycles. The molecule has 0 radical (unpaired) electrons. The Kier molecular flexibility index (Phi) is 7.87. The predicted molar refractivity (Wildman–Crippen MR) is 68.9 cm³/mol. The van der Waals surface area contributed by atoms with Crippen LogP contribution in [0.1, 0.15) is 27.7 Å². The lowest BCUT2D eigenvalue weighted by atomic mass is 10.0. The molecule has 0 aromatic heterocycles. The van der Waals surface area contributed by atoms with Crippen molar-refractivity contribution < 1.29 is 19.1 Å². The van der Waals surface area contributed by atoms with E-state index in [2.05, 4.69) is 15.9 Å². The van der Waals surface area contributed by atoms with E-state index in [1.165, 1.54) is 6.08 Å². The Morgan fingerprint density at radius 2 is 1.71 bits per heavy atom. The molecule has 0 rings (SSSR count). The van der Waals surface area contributed by atoms with Gasteiger partial charge in [0.2, 0.25) is 0 Å². The zero-order valence-corrected chi connectivity index (χ0v) is 12.2. The van der Waals surface area contributed by atoms with Crippen molar-refractivity contribution >= 4 is 27.9 Å². The average Bonchev–Trinajstić information content (AvgIpc) is 2.25. The highest BCUT2D eigenvalue weighted by atomic mass is 79.9. The summed E-state index contributed by atoms with van der Waals surface area (Å²) in [6.45, 7) is 7.87. The molecule has 98 valence electrons. The standard InChI is InChI=1S/C12H19BrO4/c1-5-16-10(14)7-9(11(13)8(3)4)12(15)17-6-2/h7-8,11H,5-6H2,1-4H3/b9-7-. The molecule has 0 aliphatic rings. The number of hydrogen-bond donors (Lipinski definition) is 0. The van der Waals surface area contributed by atoms with Gasteiger partial charge < -0.3 is 9.47 Å². The topological polar surface area (TPSA) is 52.6 Å². The van der Waals surface area contributed by atoms with Crippen LogP contribution in [0.25, 0.3) is 0 Å². The molecule has 1 atom stereocenters. The van der Waals surface area contributed by atoms with Gasteiger partial charge in [0.05, 0.1) is 18.8 Å². The van der Waals surface area contributed by atoms with Crippen molar-refractivity contribution in [3.63, 3.8) is 0 Å². The quantitative estimate of drug-likeness (QED) is 0.430. The summed E-state index contributed by atoms with van der Waals surface area (Å²) in [7, 11) is 0. The summed E-state index contributed by atoms with van der Waals surface area (Å²) in [5, 5.41) is 0. The SMILES string of the molecule is CCOC(=O)/C=C(\C(=O)OCC)C(Br)C(C)C. The van der Waals surface area contributed by atoms with Crippen LogP contribution in [0.5, 0.6) is 0 Å². The molecule has 0 amide bonds. The highest BCUT2D eigenvalue weighted by Gasteiger charge is 2.23. The molecule has 0 aliphatic heterocycles. The van der Waals surface area contributed by atoms with E-state index in [9.17, 15) is 9.59 Å². The number of ether oxygens (including phenoxy) is 2. The van der Waals surface area contributed by atoms with Crippen LogP contribution in [0.15, 0.2) is 11.6 Å². The third-order valence-corrected chi connectivity index (χ3v) is 3.50. The van der Waals surface area contributed by atoms with Gasteiger partial charge in [0.25, 0.3) is 0 Å². The molecular formula is C12H19BrO4. The molecular weight excluding hydrogens is 288 g/mol. The summed E-state index contributed by atoms with van der Waals surface area (Å²) in [5.41, 5.74) is 0.292. The minimum absolute atomic E-state index is 0.167. The Balaban J connectivity index is 4.96. The maximum absolute atomic E-state index is 11.7. The fraction of sp³-hybridized carbons (Fsp3) is 0.667. The lowest BCUT2D eigenvalue weighted by molar-refractivity contribution is -0.141. The van der Waals surface area contributed by atoms with Gasteiger partial charge >= 0.3 is 11.9 Å². The minimum Gasteiger partial charge on any atom is -0.463 e. The third kappa shape index (κ3) is 5.86. The van der Waals surface area contributed by atoms with Crippen molar-refractivity contribution in [2.24, 2.45) is 5.92 Å². The first-order chi connectivity index (χ1) is 7.93. The van der Waals surface area contributed by atoms with Crippen LogP contribution in [0.2, 0.25) is 0 Å². The highest BCUT2D eigenvalue weighted by molar-refractivity contribution is 9.09. The molecule has 0 aromatic rings. The number of carbonyl (C=O) groups is 2. The van der Waals surface area contributed by atoms with Gasteiger partial charge in [-0.15, -0.1) is 0 Å². The van der Waals surface area contributed by atoms with Gasteiger partial charge in [0, 0.05) is 10.9 Å². The van der Waals surface area contributed by atoms with Gasteiger partial charge in [-0.1, -0.05) is 29.8 Å². The van der Waals surface area contributed by atoms with Gasteiger partial charge in [0.15, 0.2) is 0 Å². The van der Waals surface area contributed by atoms with Crippen molar-refractivity contribution in [1.82, 2.24) is 0 Å². The highest BCUT2D eigenvalue weighted by Crippen LogP contribution is 2.22. The molecule has 0 N–H and O–H groups in total. The van der Waals surface area contributed by atoms with Gasteiger partial charge in [-0.05, 0) is 19.8 Å². The predicted octanol–water partition coefficient (Wildman–Crippen LogP) is 2.46. The molecule has 0 saturated heterocycles. The molecule has 0 aliphatic carbocycles. The molecule has 4 nitrogen and oxygen atoms in total. The minimum atomic E-state index is -0.527. The maximum Gasteiger partial charge on any atom is 0.335 e. The van der Waals surface area contributed by atoms with Crippen molar-refractivity contribution in [2.45, 2.75) is 32.5 Å². The van der Waals surface area contributed by atoms with E-state index in [0.717, 1.165) is 0 Å². The Morgan fingerprint density at radius 1 is 1.18 bits per heavy atom. The number of alkyl halides is 1. The van der Waals surface area contributed by atoms with E-state index in [4.69, 9.17) is 9.47 Å². The number of carbonyl (C=O) groups excluding carboxylic acids is 2. The van der Waals surface area contributed by atoms with E-state index < -0.39 is 11.9 Å².